The largest absolute Gasteiger partial charge is 0.465 e. The zero-order valence-corrected chi connectivity index (χ0v) is 10.8. The van der Waals surface area contributed by atoms with E-state index >= 15 is 0 Å². The van der Waals surface area contributed by atoms with Crippen LogP contribution >= 0.6 is 0 Å². The van der Waals surface area contributed by atoms with Gasteiger partial charge in [0.1, 0.15) is 11.5 Å². The van der Waals surface area contributed by atoms with E-state index in [4.69, 9.17) is 9.84 Å². The molecule has 0 aliphatic heterocycles. The van der Waals surface area contributed by atoms with Gasteiger partial charge in [-0.1, -0.05) is 30.3 Å². The fourth-order valence-corrected chi connectivity index (χ4v) is 2.29. The molecule has 1 fully saturated rings. The molecule has 2 atom stereocenters. The van der Waals surface area contributed by atoms with Crippen molar-refractivity contribution in [3.8, 4) is 11.5 Å². The first-order chi connectivity index (χ1) is 9.72. The maximum atomic E-state index is 10.6. The van der Waals surface area contributed by atoms with Crippen LogP contribution in [0.15, 0.2) is 54.6 Å². The zero-order valence-electron chi connectivity index (χ0n) is 10.8. The third kappa shape index (κ3) is 2.91. The predicted molar refractivity (Wildman–Crippen MR) is 75.3 cm³/mol. The van der Waals surface area contributed by atoms with Gasteiger partial charge >= 0.3 is 6.09 Å². The summed E-state index contributed by atoms with van der Waals surface area (Å²) in [5.74, 6) is 1.87. The minimum Gasteiger partial charge on any atom is -0.465 e. The summed E-state index contributed by atoms with van der Waals surface area (Å²) in [5.41, 5.74) is 1.14. The number of hydrogen-bond acceptors (Lipinski definition) is 2. The summed E-state index contributed by atoms with van der Waals surface area (Å²) in [6.07, 6.45) is -0.0907. The van der Waals surface area contributed by atoms with Gasteiger partial charge < -0.3 is 15.2 Å². The molecular weight excluding hydrogens is 254 g/mol. The van der Waals surface area contributed by atoms with Crippen molar-refractivity contribution in [1.82, 2.24) is 5.32 Å². The molecule has 20 heavy (non-hydrogen) atoms. The van der Waals surface area contributed by atoms with E-state index in [1.54, 1.807) is 0 Å². The van der Waals surface area contributed by atoms with E-state index in [1.807, 2.05) is 54.6 Å². The molecule has 2 N–H and O–H groups in total. The molecule has 0 bridgehead atoms. The van der Waals surface area contributed by atoms with Crippen LogP contribution in [0.5, 0.6) is 11.5 Å². The van der Waals surface area contributed by atoms with Crippen molar-refractivity contribution in [3.63, 3.8) is 0 Å². The van der Waals surface area contributed by atoms with Crippen LogP contribution in [-0.2, 0) is 0 Å². The van der Waals surface area contributed by atoms with Gasteiger partial charge in [0.2, 0.25) is 0 Å². The van der Waals surface area contributed by atoms with E-state index in [-0.39, 0.29) is 12.0 Å². The number of carbonyl (C=O) groups is 1. The molecule has 1 aliphatic rings. The first kappa shape index (κ1) is 12.5. The van der Waals surface area contributed by atoms with Crippen LogP contribution in [0, 0.1) is 0 Å². The van der Waals surface area contributed by atoms with Crippen molar-refractivity contribution < 1.29 is 14.6 Å². The minimum absolute atomic E-state index is 0.0494. The fraction of sp³-hybridized carbons (Fsp3) is 0.188. The van der Waals surface area contributed by atoms with Crippen LogP contribution in [0.2, 0.25) is 0 Å². The molecule has 102 valence electrons. The number of benzene rings is 2. The second kappa shape index (κ2) is 5.25. The number of nitrogens with one attached hydrogen (secondary N) is 1. The lowest BCUT2D eigenvalue weighted by Crippen LogP contribution is -2.24. The lowest BCUT2D eigenvalue weighted by Gasteiger charge is -2.06. The standard InChI is InChI=1S/C16H15NO3/c18-16(19)17-15-10-14(15)11-6-8-13(9-7-11)20-12-4-2-1-3-5-12/h1-9,14-15,17H,10H2,(H,18,19)/t14-,15+/m0/s1. The van der Waals surface area contributed by atoms with Crippen LogP contribution in [0.25, 0.3) is 0 Å². The number of para-hydroxylation sites is 1. The molecule has 0 aromatic heterocycles. The Hall–Kier alpha value is -2.49. The maximum absolute atomic E-state index is 10.6. The van der Waals surface area contributed by atoms with Gasteiger partial charge in [-0.15, -0.1) is 0 Å². The van der Waals surface area contributed by atoms with Crippen molar-refractivity contribution >= 4 is 6.09 Å². The number of amides is 1. The molecule has 0 unspecified atom stereocenters. The Morgan fingerprint density at radius 1 is 1.05 bits per heavy atom. The number of ether oxygens (including phenoxy) is 1. The van der Waals surface area contributed by atoms with Gasteiger partial charge in [0.05, 0.1) is 0 Å². The van der Waals surface area contributed by atoms with Gasteiger partial charge in [-0.2, -0.15) is 0 Å². The van der Waals surface area contributed by atoms with Crippen LogP contribution in [0.4, 0.5) is 4.79 Å². The summed E-state index contributed by atoms with van der Waals surface area (Å²) >= 11 is 0. The van der Waals surface area contributed by atoms with Crippen LogP contribution < -0.4 is 10.1 Å². The van der Waals surface area contributed by atoms with E-state index in [2.05, 4.69) is 5.32 Å². The average molecular weight is 269 g/mol. The van der Waals surface area contributed by atoms with E-state index in [0.29, 0.717) is 0 Å². The molecule has 4 nitrogen and oxygen atoms in total. The molecule has 3 rings (SSSR count). The lowest BCUT2D eigenvalue weighted by atomic mass is 10.1. The van der Waals surface area contributed by atoms with E-state index in [9.17, 15) is 4.79 Å². The molecule has 1 aliphatic carbocycles. The molecule has 1 saturated carbocycles. The maximum Gasteiger partial charge on any atom is 0.404 e. The Balaban J connectivity index is 1.63. The molecule has 2 aromatic rings. The van der Waals surface area contributed by atoms with Gasteiger partial charge in [0, 0.05) is 12.0 Å². The van der Waals surface area contributed by atoms with E-state index < -0.39 is 6.09 Å². The molecule has 1 amide bonds. The Morgan fingerprint density at radius 3 is 2.35 bits per heavy atom. The summed E-state index contributed by atoms with van der Waals surface area (Å²) in [6, 6.07) is 17.5. The lowest BCUT2D eigenvalue weighted by molar-refractivity contribution is 0.193. The smallest absolute Gasteiger partial charge is 0.404 e. The SMILES string of the molecule is O=C(O)N[C@@H]1C[C@H]1c1ccc(Oc2ccccc2)cc1. The summed E-state index contributed by atoms with van der Waals surface area (Å²) in [6.45, 7) is 0. The zero-order chi connectivity index (χ0) is 13.9. The van der Waals surface area contributed by atoms with E-state index in [0.717, 1.165) is 23.5 Å². The first-order valence-electron chi connectivity index (χ1n) is 6.55. The second-order valence-corrected chi connectivity index (χ2v) is 4.88. The Bertz CT molecular complexity index is 595. The molecule has 0 heterocycles. The van der Waals surface area contributed by atoms with Gasteiger partial charge in [-0.3, -0.25) is 0 Å². The first-order valence-corrected chi connectivity index (χ1v) is 6.55. The summed E-state index contributed by atoms with van der Waals surface area (Å²) in [7, 11) is 0. The Labute approximate surface area is 117 Å². The summed E-state index contributed by atoms with van der Waals surface area (Å²) in [4.78, 5) is 10.6. The van der Waals surface area contributed by atoms with Gasteiger partial charge in [0.25, 0.3) is 0 Å². The molecule has 2 aromatic carbocycles. The van der Waals surface area contributed by atoms with Crippen LogP contribution in [0.3, 0.4) is 0 Å². The number of carboxylic acid groups (broad SMARTS) is 1. The van der Waals surface area contributed by atoms with Crippen molar-refractivity contribution in [2.24, 2.45) is 0 Å². The summed E-state index contributed by atoms with van der Waals surface area (Å²) < 4.78 is 5.72. The van der Waals surface area contributed by atoms with Crippen molar-refractivity contribution in [1.29, 1.82) is 0 Å². The molecule has 4 heteroatoms. The molecule has 0 radical (unpaired) electrons. The third-order valence-corrected chi connectivity index (χ3v) is 3.39. The Morgan fingerprint density at radius 2 is 1.70 bits per heavy atom. The normalized spacial score (nSPS) is 20.2. The minimum atomic E-state index is -0.957. The quantitative estimate of drug-likeness (QED) is 0.891. The Kier molecular flexibility index (Phi) is 3.29. The monoisotopic (exact) mass is 269 g/mol. The van der Waals surface area contributed by atoms with E-state index in [1.165, 1.54) is 0 Å². The number of rotatable bonds is 4. The number of hydrogen-bond donors (Lipinski definition) is 2. The fourth-order valence-electron chi connectivity index (χ4n) is 2.29. The average Bonchev–Trinajstić information content (AvgIpc) is 3.19. The molecular formula is C16H15NO3. The third-order valence-electron chi connectivity index (χ3n) is 3.39. The predicted octanol–water partition coefficient (Wildman–Crippen LogP) is 3.60. The van der Waals surface area contributed by atoms with Gasteiger partial charge in [-0.05, 0) is 36.2 Å². The van der Waals surface area contributed by atoms with Crippen LogP contribution in [-0.4, -0.2) is 17.2 Å². The van der Waals surface area contributed by atoms with Crippen molar-refractivity contribution in [2.45, 2.75) is 18.4 Å². The molecule has 0 saturated heterocycles. The highest BCUT2D eigenvalue weighted by atomic mass is 16.5. The van der Waals surface area contributed by atoms with Crippen LogP contribution in [0.1, 0.15) is 17.9 Å². The topological polar surface area (TPSA) is 58.6 Å². The van der Waals surface area contributed by atoms with Gasteiger partial charge in [-0.25, -0.2) is 4.79 Å². The highest BCUT2D eigenvalue weighted by Crippen LogP contribution is 2.41. The molecule has 0 spiro atoms. The summed E-state index contributed by atoms with van der Waals surface area (Å²) in [5, 5.41) is 11.2. The second-order valence-electron chi connectivity index (χ2n) is 4.88. The van der Waals surface area contributed by atoms with Gasteiger partial charge in [0.15, 0.2) is 0 Å². The highest BCUT2D eigenvalue weighted by molar-refractivity contribution is 5.65. The van der Waals surface area contributed by atoms with Crippen molar-refractivity contribution in [2.75, 3.05) is 0 Å². The highest BCUT2D eigenvalue weighted by Gasteiger charge is 2.39. The van der Waals surface area contributed by atoms with Crippen molar-refractivity contribution in [3.05, 3.63) is 60.2 Å².